The minimum Gasteiger partial charge on any atom is -0.496 e. The van der Waals surface area contributed by atoms with Crippen molar-refractivity contribution >= 4 is 33.9 Å². The SMILES string of the molecule is CCOC(=O)c1nc(NCc2ccccc2OC)c2oc3ccccc3c2n1. The second-order valence-corrected chi connectivity index (χ2v) is 6.06. The number of fused-ring (bicyclic) bond motifs is 3. The van der Waals surface area contributed by atoms with Crippen molar-refractivity contribution in [2.24, 2.45) is 0 Å². The first kappa shape index (κ1) is 17.8. The largest absolute Gasteiger partial charge is 0.496 e. The molecule has 4 rings (SSSR count). The lowest BCUT2D eigenvalue weighted by atomic mass is 10.2. The third kappa shape index (κ3) is 3.22. The third-order valence-corrected chi connectivity index (χ3v) is 4.32. The maximum atomic E-state index is 12.2. The number of furan rings is 1. The number of nitrogens with one attached hydrogen (secondary N) is 1. The fraction of sp³-hybridized carbons (Fsp3) is 0.190. The van der Waals surface area contributed by atoms with Crippen LogP contribution in [0.3, 0.4) is 0 Å². The van der Waals surface area contributed by atoms with Crippen LogP contribution in [0.5, 0.6) is 5.75 Å². The summed E-state index contributed by atoms with van der Waals surface area (Å²) in [6.07, 6.45) is 0. The third-order valence-electron chi connectivity index (χ3n) is 4.32. The fourth-order valence-corrected chi connectivity index (χ4v) is 3.03. The maximum absolute atomic E-state index is 12.2. The molecule has 0 unspecified atom stereocenters. The topological polar surface area (TPSA) is 86.5 Å². The van der Waals surface area contributed by atoms with Crippen molar-refractivity contribution in [1.82, 2.24) is 9.97 Å². The van der Waals surface area contributed by atoms with Gasteiger partial charge in [-0.05, 0) is 25.1 Å². The highest BCUT2D eigenvalue weighted by molar-refractivity contribution is 6.06. The fourth-order valence-electron chi connectivity index (χ4n) is 3.03. The summed E-state index contributed by atoms with van der Waals surface area (Å²) in [5.41, 5.74) is 2.68. The molecule has 7 nitrogen and oxygen atoms in total. The van der Waals surface area contributed by atoms with Crippen LogP contribution in [0.4, 0.5) is 5.82 Å². The van der Waals surface area contributed by atoms with Gasteiger partial charge in [0.05, 0.1) is 13.7 Å². The smallest absolute Gasteiger partial charge is 0.376 e. The molecule has 2 aromatic heterocycles. The van der Waals surface area contributed by atoms with Crippen LogP contribution in [-0.2, 0) is 11.3 Å². The van der Waals surface area contributed by atoms with Crippen LogP contribution < -0.4 is 10.1 Å². The minimum absolute atomic E-state index is 0.0107. The summed E-state index contributed by atoms with van der Waals surface area (Å²) in [6, 6.07) is 15.2. The number of esters is 1. The molecule has 0 saturated carbocycles. The summed E-state index contributed by atoms with van der Waals surface area (Å²) in [4.78, 5) is 21.0. The molecule has 2 heterocycles. The summed E-state index contributed by atoms with van der Waals surface area (Å²) < 4.78 is 16.4. The zero-order valence-corrected chi connectivity index (χ0v) is 15.6. The number of methoxy groups -OCH3 is 1. The Morgan fingerprint density at radius 3 is 2.71 bits per heavy atom. The molecule has 0 spiro atoms. The van der Waals surface area contributed by atoms with E-state index in [0.717, 1.165) is 16.7 Å². The van der Waals surface area contributed by atoms with Crippen LogP contribution in [-0.4, -0.2) is 29.7 Å². The number of hydrogen-bond donors (Lipinski definition) is 1. The lowest BCUT2D eigenvalue weighted by molar-refractivity contribution is 0.0512. The number of ether oxygens (including phenoxy) is 2. The highest BCUT2D eigenvalue weighted by Gasteiger charge is 2.20. The van der Waals surface area contributed by atoms with Gasteiger partial charge in [-0.1, -0.05) is 30.3 Å². The zero-order valence-electron chi connectivity index (χ0n) is 15.6. The molecule has 0 radical (unpaired) electrons. The number of para-hydroxylation sites is 2. The van der Waals surface area contributed by atoms with Gasteiger partial charge in [0.25, 0.3) is 0 Å². The van der Waals surface area contributed by atoms with E-state index in [1.807, 2.05) is 48.5 Å². The molecule has 0 atom stereocenters. The number of carbonyl (C=O) groups excluding carboxylic acids is 1. The molecule has 0 saturated heterocycles. The molecule has 2 aromatic carbocycles. The van der Waals surface area contributed by atoms with Gasteiger partial charge in [0.1, 0.15) is 16.8 Å². The van der Waals surface area contributed by atoms with E-state index >= 15 is 0 Å². The first-order valence-corrected chi connectivity index (χ1v) is 8.93. The normalized spacial score (nSPS) is 10.9. The average molecular weight is 377 g/mol. The van der Waals surface area contributed by atoms with Crippen molar-refractivity contribution < 1.29 is 18.7 Å². The number of hydrogen-bond acceptors (Lipinski definition) is 7. The van der Waals surface area contributed by atoms with Gasteiger partial charge >= 0.3 is 5.97 Å². The molecule has 28 heavy (non-hydrogen) atoms. The van der Waals surface area contributed by atoms with E-state index in [9.17, 15) is 4.79 Å². The monoisotopic (exact) mass is 377 g/mol. The molecule has 0 aliphatic rings. The van der Waals surface area contributed by atoms with Crippen molar-refractivity contribution in [2.45, 2.75) is 13.5 Å². The van der Waals surface area contributed by atoms with Crippen LogP contribution in [0.1, 0.15) is 23.1 Å². The number of aromatic nitrogens is 2. The van der Waals surface area contributed by atoms with E-state index in [1.165, 1.54) is 0 Å². The van der Waals surface area contributed by atoms with E-state index in [0.29, 0.717) is 29.0 Å². The zero-order chi connectivity index (χ0) is 19.5. The van der Waals surface area contributed by atoms with Crippen molar-refractivity contribution in [2.75, 3.05) is 19.0 Å². The highest BCUT2D eigenvalue weighted by atomic mass is 16.5. The molecule has 0 amide bonds. The molecule has 142 valence electrons. The summed E-state index contributed by atoms with van der Waals surface area (Å²) >= 11 is 0. The van der Waals surface area contributed by atoms with Crippen molar-refractivity contribution in [3.05, 3.63) is 59.9 Å². The predicted molar refractivity (Wildman–Crippen MR) is 106 cm³/mol. The molecule has 0 aliphatic carbocycles. The molecule has 7 heteroatoms. The molecule has 4 aromatic rings. The van der Waals surface area contributed by atoms with Gasteiger partial charge in [-0.3, -0.25) is 0 Å². The van der Waals surface area contributed by atoms with Crippen LogP contribution in [0, 0.1) is 0 Å². The molecule has 0 bridgehead atoms. The summed E-state index contributed by atoms with van der Waals surface area (Å²) in [7, 11) is 1.62. The Bertz CT molecular complexity index is 1150. The Morgan fingerprint density at radius 2 is 1.89 bits per heavy atom. The molecular weight excluding hydrogens is 358 g/mol. The number of benzene rings is 2. The lowest BCUT2D eigenvalue weighted by Gasteiger charge is -2.10. The Kier molecular flexibility index (Phi) is 4.80. The van der Waals surface area contributed by atoms with Gasteiger partial charge in [0.15, 0.2) is 11.4 Å². The van der Waals surface area contributed by atoms with Gasteiger partial charge in [0.2, 0.25) is 5.82 Å². The predicted octanol–water partition coefficient (Wildman–Crippen LogP) is 4.17. The van der Waals surface area contributed by atoms with E-state index in [2.05, 4.69) is 15.3 Å². The number of carbonyl (C=O) groups is 1. The minimum atomic E-state index is -0.574. The van der Waals surface area contributed by atoms with E-state index in [1.54, 1.807) is 14.0 Å². The molecule has 0 fully saturated rings. The van der Waals surface area contributed by atoms with E-state index < -0.39 is 5.97 Å². The Morgan fingerprint density at radius 1 is 1.11 bits per heavy atom. The van der Waals surface area contributed by atoms with Crippen LogP contribution in [0.25, 0.3) is 22.1 Å². The van der Waals surface area contributed by atoms with Gasteiger partial charge in [0, 0.05) is 17.5 Å². The van der Waals surface area contributed by atoms with Crippen molar-refractivity contribution in [3.8, 4) is 5.75 Å². The summed E-state index contributed by atoms with van der Waals surface area (Å²) in [5, 5.41) is 4.06. The van der Waals surface area contributed by atoms with Gasteiger partial charge in [-0.2, -0.15) is 0 Å². The van der Waals surface area contributed by atoms with Gasteiger partial charge in [-0.25, -0.2) is 14.8 Å². The maximum Gasteiger partial charge on any atom is 0.376 e. The van der Waals surface area contributed by atoms with E-state index in [4.69, 9.17) is 13.9 Å². The van der Waals surface area contributed by atoms with Gasteiger partial charge in [-0.15, -0.1) is 0 Å². The number of nitrogens with zero attached hydrogens (tertiary/aromatic N) is 2. The number of rotatable bonds is 6. The standard InChI is InChI=1S/C21H19N3O4/c1-3-27-21(25)20-23-17-14-9-5-7-11-16(14)28-18(17)19(24-20)22-12-13-8-4-6-10-15(13)26-2/h4-11H,3,12H2,1-2H3,(H,22,23,24). The Balaban J connectivity index is 1.80. The first-order chi connectivity index (χ1) is 13.7. The van der Waals surface area contributed by atoms with Crippen molar-refractivity contribution in [1.29, 1.82) is 0 Å². The molecular formula is C21H19N3O4. The Hall–Kier alpha value is -3.61. The first-order valence-electron chi connectivity index (χ1n) is 8.93. The second-order valence-electron chi connectivity index (χ2n) is 6.06. The highest BCUT2D eigenvalue weighted by Crippen LogP contribution is 2.32. The average Bonchev–Trinajstić information content (AvgIpc) is 3.11. The summed E-state index contributed by atoms with van der Waals surface area (Å²) in [5.74, 6) is 0.601. The van der Waals surface area contributed by atoms with Crippen LogP contribution >= 0.6 is 0 Å². The molecule has 1 N–H and O–H groups in total. The van der Waals surface area contributed by atoms with Crippen LogP contribution in [0.2, 0.25) is 0 Å². The molecule has 0 aliphatic heterocycles. The van der Waals surface area contributed by atoms with Crippen molar-refractivity contribution in [3.63, 3.8) is 0 Å². The second kappa shape index (κ2) is 7.56. The van der Waals surface area contributed by atoms with Crippen LogP contribution in [0.15, 0.2) is 52.9 Å². The van der Waals surface area contributed by atoms with Gasteiger partial charge < -0.3 is 19.2 Å². The number of anilines is 1. The Labute approximate surface area is 161 Å². The summed E-state index contributed by atoms with van der Waals surface area (Å²) in [6.45, 7) is 2.43. The van der Waals surface area contributed by atoms with E-state index in [-0.39, 0.29) is 12.4 Å². The quantitative estimate of drug-likeness (QED) is 0.505. The lowest BCUT2D eigenvalue weighted by Crippen LogP contribution is -2.12.